The predicted octanol–water partition coefficient (Wildman–Crippen LogP) is 4.45. The SMILES string of the molecule is CC12CC3CC(C1)CC(C(NN)c1ccc(Cl)cc1)(C3)C2. The number of benzene rings is 1. The molecule has 2 nitrogen and oxygen atoms in total. The molecule has 1 aromatic carbocycles. The molecule has 3 unspecified atom stereocenters. The van der Waals surface area contributed by atoms with E-state index in [9.17, 15) is 0 Å². The van der Waals surface area contributed by atoms with Crippen molar-refractivity contribution in [2.45, 2.75) is 51.5 Å². The molecular weight excluding hydrogens is 280 g/mol. The van der Waals surface area contributed by atoms with Gasteiger partial charge in [-0.3, -0.25) is 11.3 Å². The average molecular weight is 305 g/mol. The first-order valence-corrected chi connectivity index (χ1v) is 8.61. The van der Waals surface area contributed by atoms with Crippen molar-refractivity contribution in [3.8, 4) is 0 Å². The van der Waals surface area contributed by atoms with Crippen molar-refractivity contribution in [2.24, 2.45) is 28.5 Å². The fraction of sp³-hybridized carbons (Fsp3) is 0.667. The highest BCUT2D eigenvalue weighted by Crippen LogP contribution is 2.68. The zero-order valence-corrected chi connectivity index (χ0v) is 13.5. The van der Waals surface area contributed by atoms with Crippen LogP contribution in [0.3, 0.4) is 0 Å². The third-order valence-electron chi connectivity index (χ3n) is 6.38. The van der Waals surface area contributed by atoms with Gasteiger partial charge >= 0.3 is 0 Å². The van der Waals surface area contributed by atoms with E-state index in [4.69, 9.17) is 17.4 Å². The van der Waals surface area contributed by atoms with Crippen LogP contribution in [0.2, 0.25) is 5.02 Å². The maximum absolute atomic E-state index is 6.05. The quantitative estimate of drug-likeness (QED) is 0.639. The second-order valence-corrected chi connectivity index (χ2v) is 8.72. The van der Waals surface area contributed by atoms with E-state index in [1.165, 1.54) is 44.1 Å². The fourth-order valence-corrected chi connectivity index (χ4v) is 6.54. The van der Waals surface area contributed by atoms with Gasteiger partial charge in [0.25, 0.3) is 0 Å². The Balaban J connectivity index is 1.71. The average Bonchev–Trinajstić information content (AvgIpc) is 2.38. The second-order valence-electron chi connectivity index (χ2n) is 8.29. The number of nitrogens with one attached hydrogen (secondary N) is 1. The van der Waals surface area contributed by atoms with Gasteiger partial charge in [0, 0.05) is 5.02 Å². The third kappa shape index (κ3) is 2.23. The first-order chi connectivity index (χ1) is 10.0. The Bertz CT molecular complexity index is 525. The first-order valence-electron chi connectivity index (χ1n) is 8.24. The Morgan fingerprint density at radius 2 is 1.76 bits per heavy atom. The summed E-state index contributed by atoms with van der Waals surface area (Å²) in [4.78, 5) is 0. The highest BCUT2D eigenvalue weighted by molar-refractivity contribution is 6.30. The largest absolute Gasteiger partial charge is 0.271 e. The van der Waals surface area contributed by atoms with Gasteiger partial charge in [-0.25, -0.2) is 0 Å². The summed E-state index contributed by atoms with van der Waals surface area (Å²) < 4.78 is 0. The molecule has 4 saturated carbocycles. The van der Waals surface area contributed by atoms with Gasteiger partial charge in [-0.1, -0.05) is 30.7 Å². The van der Waals surface area contributed by atoms with Crippen molar-refractivity contribution in [3.63, 3.8) is 0 Å². The molecule has 5 rings (SSSR count). The molecule has 114 valence electrons. The molecule has 0 saturated heterocycles. The van der Waals surface area contributed by atoms with Gasteiger partial charge in [0.2, 0.25) is 0 Å². The van der Waals surface area contributed by atoms with Crippen LogP contribution in [-0.2, 0) is 0 Å². The second kappa shape index (κ2) is 4.71. The van der Waals surface area contributed by atoms with E-state index in [1.54, 1.807) is 0 Å². The van der Waals surface area contributed by atoms with E-state index in [1.807, 2.05) is 12.1 Å². The molecule has 21 heavy (non-hydrogen) atoms. The highest BCUT2D eigenvalue weighted by Gasteiger charge is 2.58. The number of halogens is 1. The maximum atomic E-state index is 6.05. The maximum Gasteiger partial charge on any atom is 0.0516 e. The molecular formula is C18H25ClN2. The molecule has 0 radical (unpaired) electrons. The lowest BCUT2D eigenvalue weighted by Gasteiger charge is -2.63. The molecule has 4 bridgehead atoms. The van der Waals surface area contributed by atoms with Crippen molar-refractivity contribution in [3.05, 3.63) is 34.9 Å². The van der Waals surface area contributed by atoms with Crippen LogP contribution in [0.25, 0.3) is 0 Å². The molecule has 3 atom stereocenters. The summed E-state index contributed by atoms with van der Waals surface area (Å²) in [5, 5.41) is 0.798. The van der Waals surface area contributed by atoms with E-state index < -0.39 is 0 Å². The van der Waals surface area contributed by atoms with E-state index >= 15 is 0 Å². The van der Waals surface area contributed by atoms with Crippen molar-refractivity contribution in [2.75, 3.05) is 0 Å². The van der Waals surface area contributed by atoms with Crippen molar-refractivity contribution < 1.29 is 0 Å². The topological polar surface area (TPSA) is 38.0 Å². The number of hydrogen-bond acceptors (Lipinski definition) is 2. The minimum atomic E-state index is 0.264. The fourth-order valence-electron chi connectivity index (χ4n) is 6.42. The van der Waals surface area contributed by atoms with E-state index in [0.29, 0.717) is 10.8 Å². The summed E-state index contributed by atoms with van der Waals surface area (Å²) >= 11 is 6.05. The molecule has 0 aromatic heterocycles. The van der Waals surface area contributed by atoms with Gasteiger partial charge < -0.3 is 0 Å². The zero-order valence-electron chi connectivity index (χ0n) is 12.7. The van der Waals surface area contributed by atoms with Crippen LogP contribution >= 0.6 is 11.6 Å². The molecule has 4 fully saturated rings. The summed E-state index contributed by atoms with van der Waals surface area (Å²) in [6, 6.07) is 8.54. The van der Waals surface area contributed by atoms with E-state index in [2.05, 4.69) is 24.5 Å². The molecule has 0 spiro atoms. The standard InChI is InChI=1S/C18H25ClN2/c1-17-7-12-6-13(8-17)10-18(9-12,11-17)16(21-20)14-2-4-15(19)5-3-14/h2-5,12-13,16,21H,6-11,20H2,1H3. The van der Waals surface area contributed by atoms with Gasteiger partial charge in [0.15, 0.2) is 0 Å². The van der Waals surface area contributed by atoms with Crippen LogP contribution in [0.1, 0.15) is 57.1 Å². The molecule has 4 aliphatic carbocycles. The minimum Gasteiger partial charge on any atom is -0.271 e. The van der Waals surface area contributed by atoms with Gasteiger partial charge in [-0.15, -0.1) is 0 Å². The van der Waals surface area contributed by atoms with Gasteiger partial charge in [0.05, 0.1) is 6.04 Å². The molecule has 3 heteroatoms. The Labute approximate surface area is 132 Å². The van der Waals surface area contributed by atoms with Crippen molar-refractivity contribution >= 4 is 11.6 Å². The number of hydrazine groups is 1. The lowest BCUT2D eigenvalue weighted by atomic mass is 9.43. The van der Waals surface area contributed by atoms with Gasteiger partial charge in [0.1, 0.15) is 0 Å². The van der Waals surface area contributed by atoms with E-state index in [-0.39, 0.29) is 6.04 Å². The zero-order chi connectivity index (χ0) is 14.7. The van der Waals surface area contributed by atoms with Crippen LogP contribution < -0.4 is 11.3 Å². The molecule has 3 N–H and O–H groups in total. The van der Waals surface area contributed by atoms with Gasteiger partial charge in [-0.05, 0) is 78.9 Å². The summed E-state index contributed by atoms with van der Waals surface area (Å²) in [7, 11) is 0. The van der Waals surface area contributed by atoms with Crippen LogP contribution in [0.15, 0.2) is 24.3 Å². The normalized spacial score (nSPS) is 42.2. The Morgan fingerprint density at radius 1 is 1.14 bits per heavy atom. The Kier molecular flexibility index (Phi) is 3.15. The highest BCUT2D eigenvalue weighted by atomic mass is 35.5. The molecule has 1 aromatic rings. The van der Waals surface area contributed by atoms with Crippen LogP contribution in [0.5, 0.6) is 0 Å². The molecule has 0 amide bonds. The lowest BCUT2D eigenvalue weighted by molar-refractivity contribution is -0.119. The third-order valence-corrected chi connectivity index (χ3v) is 6.63. The van der Waals surface area contributed by atoms with Crippen LogP contribution in [0.4, 0.5) is 0 Å². The summed E-state index contributed by atoms with van der Waals surface area (Å²) in [5.41, 5.74) is 5.36. The Morgan fingerprint density at radius 3 is 2.29 bits per heavy atom. The van der Waals surface area contributed by atoms with Crippen LogP contribution in [-0.4, -0.2) is 0 Å². The van der Waals surface area contributed by atoms with Crippen molar-refractivity contribution in [1.82, 2.24) is 5.43 Å². The first kappa shape index (κ1) is 14.0. The molecule has 0 heterocycles. The smallest absolute Gasteiger partial charge is 0.0516 e. The number of hydrogen-bond donors (Lipinski definition) is 2. The molecule has 4 aliphatic rings. The summed E-state index contributed by atoms with van der Waals surface area (Å²) in [5.74, 6) is 7.86. The number of rotatable bonds is 3. The monoisotopic (exact) mass is 304 g/mol. The Hall–Kier alpha value is -0.570. The van der Waals surface area contributed by atoms with Gasteiger partial charge in [-0.2, -0.15) is 0 Å². The summed E-state index contributed by atoms with van der Waals surface area (Å²) in [6.45, 7) is 2.51. The van der Waals surface area contributed by atoms with Crippen LogP contribution in [0, 0.1) is 22.7 Å². The lowest BCUT2D eigenvalue weighted by Crippen LogP contribution is -2.56. The number of nitrogens with two attached hydrogens (primary N) is 1. The molecule has 0 aliphatic heterocycles. The van der Waals surface area contributed by atoms with E-state index in [0.717, 1.165) is 16.9 Å². The minimum absolute atomic E-state index is 0.264. The predicted molar refractivity (Wildman–Crippen MR) is 86.7 cm³/mol. The van der Waals surface area contributed by atoms with Crippen molar-refractivity contribution in [1.29, 1.82) is 0 Å². The summed E-state index contributed by atoms with van der Waals surface area (Å²) in [6.07, 6.45) is 8.33.